The molecule has 0 aliphatic carbocycles. The Hall–Kier alpha value is -1.46. The summed E-state index contributed by atoms with van der Waals surface area (Å²) in [5.41, 5.74) is 0.889. The van der Waals surface area contributed by atoms with E-state index in [0.717, 1.165) is 12.2 Å². The van der Waals surface area contributed by atoms with Crippen molar-refractivity contribution in [2.75, 3.05) is 26.7 Å². The molecular formula is C11H17N3O2. The lowest BCUT2D eigenvalue weighted by Gasteiger charge is -2.19. The third-order valence-corrected chi connectivity index (χ3v) is 2.15. The zero-order chi connectivity index (χ0) is 11.8. The second-order valence-electron chi connectivity index (χ2n) is 3.53. The van der Waals surface area contributed by atoms with Crippen molar-refractivity contribution in [3.05, 3.63) is 30.1 Å². The Morgan fingerprint density at radius 1 is 1.56 bits per heavy atom. The predicted molar refractivity (Wildman–Crippen MR) is 61.1 cm³/mol. The molecule has 0 fully saturated rings. The van der Waals surface area contributed by atoms with E-state index in [4.69, 9.17) is 5.11 Å². The number of aliphatic carboxylic acids is 1. The van der Waals surface area contributed by atoms with E-state index in [0.29, 0.717) is 13.1 Å². The van der Waals surface area contributed by atoms with Crippen molar-refractivity contribution >= 4 is 5.97 Å². The summed E-state index contributed by atoms with van der Waals surface area (Å²) in [4.78, 5) is 16.7. The third-order valence-electron chi connectivity index (χ3n) is 2.15. The monoisotopic (exact) mass is 223 g/mol. The average Bonchev–Trinajstić information content (AvgIpc) is 2.26. The van der Waals surface area contributed by atoms with E-state index in [2.05, 4.69) is 10.3 Å². The molecular weight excluding hydrogens is 206 g/mol. The predicted octanol–water partition coefficient (Wildman–Crippen LogP) is 0.188. The lowest BCUT2D eigenvalue weighted by molar-refractivity contribution is -0.138. The van der Waals surface area contributed by atoms with Crippen LogP contribution in [-0.4, -0.2) is 47.6 Å². The molecule has 1 aromatic heterocycles. The summed E-state index contributed by atoms with van der Waals surface area (Å²) in [6, 6.07) is 5.65. The van der Waals surface area contributed by atoms with Gasteiger partial charge in [-0.1, -0.05) is 6.07 Å². The van der Waals surface area contributed by atoms with Gasteiger partial charge in [0.05, 0.1) is 12.2 Å². The first-order chi connectivity index (χ1) is 7.72. The van der Waals surface area contributed by atoms with Crippen molar-refractivity contribution in [1.82, 2.24) is 15.2 Å². The van der Waals surface area contributed by atoms with Gasteiger partial charge in [-0.25, -0.2) is 0 Å². The van der Waals surface area contributed by atoms with Crippen molar-refractivity contribution in [1.29, 1.82) is 0 Å². The number of carboxylic acids is 1. The van der Waals surface area contributed by atoms with Crippen LogP contribution in [0.25, 0.3) is 0 Å². The molecule has 16 heavy (non-hydrogen) atoms. The van der Waals surface area contributed by atoms with Crippen LogP contribution in [0.2, 0.25) is 0 Å². The smallest absolute Gasteiger partial charge is 0.317 e. The van der Waals surface area contributed by atoms with E-state index in [1.165, 1.54) is 0 Å². The fourth-order valence-electron chi connectivity index (χ4n) is 1.40. The molecule has 0 aromatic carbocycles. The molecule has 0 saturated carbocycles. The van der Waals surface area contributed by atoms with Gasteiger partial charge in [-0.15, -0.1) is 0 Å². The van der Waals surface area contributed by atoms with E-state index < -0.39 is 5.97 Å². The number of likely N-dealkylation sites (N-methyl/N-ethyl adjacent to an activating group) is 1. The first kappa shape index (κ1) is 12.6. The van der Waals surface area contributed by atoms with E-state index in [9.17, 15) is 4.79 Å². The van der Waals surface area contributed by atoms with Gasteiger partial charge in [0.25, 0.3) is 0 Å². The molecule has 0 atom stereocenters. The fourth-order valence-corrected chi connectivity index (χ4v) is 1.40. The van der Waals surface area contributed by atoms with Gasteiger partial charge < -0.3 is 10.4 Å². The maximum atomic E-state index is 10.7. The van der Waals surface area contributed by atoms with Crippen molar-refractivity contribution in [2.45, 2.75) is 6.54 Å². The summed E-state index contributed by atoms with van der Waals surface area (Å²) in [5, 5.41) is 11.8. The molecule has 2 N–H and O–H groups in total. The Labute approximate surface area is 95.1 Å². The van der Waals surface area contributed by atoms with Crippen LogP contribution in [0.1, 0.15) is 5.69 Å². The molecule has 0 saturated heterocycles. The van der Waals surface area contributed by atoms with Gasteiger partial charge in [0.15, 0.2) is 0 Å². The third kappa shape index (κ3) is 4.86. The number of carboxylic acid groups (broad SMARTS) is 1. The van der Waals surface area contributed by atoms with Gasteiger partial charge in [0.2, 0.25) is 0 Å². The van der Waals surface area contributed by atoms with Crippen LogP contribution in [0.5, 0.6) is 0 Å². The first-order valence-electron chi connectivity index (χ1n) is 5.21. The minimum atomic E-state index is -0.813. The molecule has 0 bridgehead atoms. The lowest BCUT2D eigenvalue weighted by Crippen LogP contribution is -2.34. The van der Waals surface area contributed by atoms with Crippen molar-refractivity contribution in [3.63, 3.8) is 0 Å². The second kappa shape index (κ2) is 6.92. The number of carbonyl (C=O) groups is 1. The SMILES string of the molecule is CNCCN(CC(=O)O)Cc1ccccn1. The average molecular weight is 223 g/mol. The molecule has 1 aromatic rings. The number of hydrogen-bond acceptors (Lipinski definition) is 4. The first-order valence-corrected chi connectivity index (χ1v) is 5.21. The van der Waals surface area contributed by atoms with Gasteiger partial charge in [0.1, 0.15) is 0 Å². The minimum absolute atomic E-state index is 0.0399. The van der Waals surface area contributed by atoms with E-state index in [-0.39, 0.29) is 6.54 Å². The lowest BCUT2D eigenvalue weighted by atomic mass is 10.3. The molecule has 88 valence electrons. The summed E-state index contributed by atoms with van der Waals surface area (Å²) < 4.78 is 0. The van der Waals surface area contributed by atoms with E-state index >= 15 is 0 Å². The molecule has 0 spiro atoms. The van der Waals surface area contributed by atoms with Crippen LogP contribution in [-0.2, 0) is 11.3 Å². The van der Waals surface area contributed by atoms with Gasteiger partial charge in [-0.05, 0) is 19.2 Å². The minimum Gasteiger partial charge on any atom is -0.480 e. The van der Waals surface area contributed by atoms with Crippen LogP contribution < -0.4 is 5.32 Å². The van der Waals surface area contributed by atoms with Crippen LogP contribution >= 0.6 is 0 Å². The van der Waals surface area contributed by atoms with Crippen molar-refractivity contribution in [2.24, 2.45) is 0 Å². The summed E-state index contributed by atoms with van der Waals surface area (Å²) in [6.07, 6.45) is 1.71. The van der Waals surface area contributed by atoms with Crippen LogP contribution in [0.15, 0.2) is 24.4 Å². The second-order valence-corrected chi connectivity index (χ2v) is 3.53. The number of rotatable bonds is 7. The number of pyridine rings is 1. The fraction of sp³-hybridized carbons (Fsp3) is 0.455. The zero-order valence-corrected chi connectivity index (χ0v) is 9.39. The maximum absolute atomic E-state index is 10.7. The molecule has 1 heterocycles. The molecule has 0 radical (unpaired) electrons. The van der Waals surface area contributed by atoms with Crippen molar-refractivity contribution in [3.8, 4) is 0 Å². The van der Waals surface area contributed by atoms with Gasteiger partial charge in [0, 0.05) is 25.8 Å². The number of hydrogen-bond donors (Lipinski definition) is 2. The summed E-state index contributed by atoms with van der Waals surface area (Å²) in [5.74, 6) is -0.813. The highest BCUT2D eigenvalue weighted by atomic mass is 16.4. The van der Waals surface area contributed by atoms with Crippen LogP contribution in [0.3, 0.4) is 0 Å². The number of aromatic nitrogens is 1. The summed E-state index contributed by atoms with van der Waals surface area (Å²) >= 11 is 0. The van der Waals surface area contributed by atoms with Crippen molar-refractivity contribution < 1.29 is 9.90 Å². The molecule has 0 unspecified atom stereocenters. The molecule has 0 amide bonds. The van der Waals surface area contributed by atoms with E-state index in [1.807, 2.05) is 30.1 Å². The van der Waals surface area contributed by atoms with Gasteiger partial charge in [-0.2, -0.15) is 0 Å². The zero-order valence-electron chi connectivity index (χ0n) is 9.39. The molecule has 0 aliphatic heterocycles. The standard InChI is InChI=1S/C11H17N3O2/c1-12-6-7-14(9-11(15)16)8-10-4-2-3-5-13-10/h2-5,12H,6-9H2,1H3,(H,15,16). The highest BCUT2D eigenvalue weighted by Gasteiger charge is 2.09. The van der Waals surface area contributed by atoms with Gasteiger partial charge >= 0.3 is 5.97 Å². The molecule has 1 rings (SSSR count). The normalized spacial score (nSPS) is 10.6. The quantitative estimate of drug-likeness (QED) is 0.690. The maximum Gasteiger partial charge on any atom is 0.317 e. The highest BCUT2D eigenvalue weighted by molar-refractivity contribution is 5.69. The Balaban J connectivity index is 2.52. The summed E-state index contributed by atoms with van der Waals surface area (Å²) in [6.45, 7) is 2.06. The largest absolute Gasteiger partial charge is 0.480 e. The number of nitrogens with zero attached hydrogens (tertiary/aromatic N) is 2. The molecule has 5 heteroatoms. The molecule has 0 aliphatic rings. The van der Waals surface area contributed by atoms with Crippen LogP contribution in [0.4, 0.5) is 0 Å². The Bertz CT molecular complexity index is 316. The summed E-state index contributed by atoms with van der Waals surface area (Å²) in [7, 11) is 1.85. The Kier molecular flexibility index (Phi) is 5.45. The Morgan fingerprint density at radius 3 is 2.94 bits per heavy atom. The molecule has 5 nitrogen and oxygen atoms in total. The topological polar surface area (TPSA) is 65.5 Å². The Morgan fingerprint density at radius 2 is 2.38 bits per heavy atom. The highest BCUT2D eigenvalue weighted by Crippen LogP contribution is 2.00. The number of nitrogens with one attached hydrogen (secondary N) is 1. The van der Waals surface area contributed by atoms with E-state index in [1.54, 1.807) is 6.20 Å². The van der Waals surface area contributed by atoms with Crippen LogP contribution in [0, 0.1) is 0 Å². The van der Waals surface area contributed by atoms with Gasteiger partial charge in [-0.3, -0.25) is 14.7 Å².